The van der Waals surface area contributed by atoms with Crippen LogP contribution in [-0.4, -0.2) is 32.5 Å². The van der Waals surface area contributed by atoms with Crippen LogP contribution in [0.1, 0.15) is 12.5 Å². The van der Waals surface area contributed by atoms with Gasteiger partial charge in [0.25, 0.3) is 0 Å². The van der Waals surface area contributed by atoms with Crippen molar-refractivity contribution in [3.63, 3.8) is 0 Å². The molecule has 1 rings (SSSR count). The van der Waals surface area contributed by atoms with Crippen molar-refractivity contribution in [1.82, 2.24) is 0 Å². The van der Waals surface area contributed by atoms with Crippen molar-refractivity contribution in [2.24, 2.45) is 10.9 Å². The number of para-hydroxylation sites is 1. The van der Waals surface area contributed by atoms with Crippen LogP contribution in [0.5, 0.6) is 11.5 Å². The topological polar surface area (TPSA) is 83.1 Å². The van der Waals surface area contributed by atoms with Gasteiger partial charge in [0.1, 0.15) is 0 Å². The minimum Gasteiger partial charge on any atom is -0.493 e. The minimum atomic E-state index is -0.445. The Hall–Kier alpha value is -2.24. The molecule has 0 unspecified atom stereocenters. The number of rotatable bonds is 6. The second-order valence-electron chi connectivity index (χ2n) is 3.25. The lowest BCUT2D eigenvalue weighted by molar-refractivity contribution is -0.145. The van der Waals surface area contributed by atoms with Crippen molar-refractivity contribution in [3.8, 4) is 11.5 Å². The summed E-state index contributed by atoms with van der Waals surface area (Å²) in [6.07, 6.45) is 1.42. The predicted octanol–water partition coefficient (Wildman–Crippen LogP) is 0.930. The summed E-state index contributed by atoms with van der Waals surface area (Å²) in [6.45, 7) is 1.85. The number of carbonyl (C=O) groups is 1. The number of hydrazone groups is 1. The van der Waals surface area contributed by atoms with E-state index < -0.39 is 5.97 Å². The third-order valence-electron chi connectivity index (χ3n) is 2.08. The van der Waals surface area contributed by atoms with Crippen molar-refractivity contribution >= 4 is 12.2 Å². The molecule has 0 amide bonds. The van der Waals surface area contributed by atoms with Crippen LogP contribution in [-0.2, 0) is 9.53 Å². The first-order valence-corrected chi connectivity index (χ1v) is 5.41. The van der Waals surface area contributed by atoms with Gasteiger partial charge in [0.2, 0.25) is 0 Å². The molecule has 0 spiro atoms. The molecule has 0 heterocycles. The zero-order valence-corrected chi connectivity index (χ0v) is 10.4. The summed E-state index contributed by atoms with van der Waals surface area (Å²) in [6, 6.07) is 5.24. The Bertz CT molecular complexity index is 432. The summed E-state index contributed by atoms with van der Waals surface area (Å²) in [5.41, 5.74) is 0.626. The monoisotopic (exact) mass is 252 g/mol. The van der Waals surface area contributed by atoms with Gasteiger partial charge in [-0.05, 0) is 19.1 Å². The second kappa shape index (κ2) is 7.16. The number of esters is 1. The maximum atomic E-state index is 11.2. The first-order valence-electron chi connectivity index (χ1n) is 5.41. The summed E-state index contributed by atoms with van der Waals surface area (Å²) < 4.78 is 15.3. The number of benzene rings is 1. The van der Waals surface area contributed by atoms with E-state index in [4.69, 9.17) is 20.1 Å². The fourth-order valence-electron chi connectivity index (χ4n) is 1.36. The Morgan fingerprint density at radius 2 is 2.28 bits per heavy atom. The molecule has 0 bridgehead atoms. The first kappa shape index (κ1) is 13.8. The molecule has 0 atom stereocenters. The van der Waals surface area contributed by atoms with Gasteiger partial charge in [-0.3, -0.25) is 0 Å². The quantitative estimate of drug-likeness (QED) is 0.352. The van der Waals surface area contributed by atoms with E-state index in [0.29, 0.717) is 23.7 Å². The Morgan fingerprint density at radius 1 is 1.50 bits per heavy atom. The number of nitrogens with zero attached hydrogens (tertiary/aromatic N) is 1. The van der Waals surface area contributed by atoms with Crippen molar-refractivity contribution in [2.45, 2.75) is 6.92 Å². The summed E-state index contributed by atoms with van der Waals surface area (Å²) in [7, 11) is 1.51. The van der Waals surface area contributed by atoms with E-state index >= 15 is 0 Å². The maximum absolute atomic E-state index is 11.2. The largest absolute Gasteiger partial charge is 0.493 e. The van der Waals surface area contributed by atoms with E-state index in [-0.39, 0.29) is 6.61 Å². The first-order chi connectivity index (χ1) is 8.72. The Morgan fingerprint density at radius 3 is 2.89 bits per heavy atom. The van der Waals surface area contributed by atoms with Crippen LogP contribution in [0.15, 0.2) is 23.3 Å². The molecule has 0 saturated carbocycles. The van der Waals surface area contributed by atoms with Crippen molar-refractivity contribution in [3.05, 3.63) is 23.8 Å². The van der Waals surface area contributed by atoms with E-state index in [2.05, 4.69) is 5.10 Å². The lowest BCUT2D eigenvalue weighted by Gasteiger charge is -2.12. The molecule has 0 aliphatic carbocycles. The predicted molar refractivity (Wildman–Crippen MR) is 66.9 cm³/mol. The van der Waals surface area contributed by atoms with Gasteiger partial charge >= 0.3 is 5.97 Å². The smallest absolute Gasteiger partial charge is 0.344 e. The van der Waals surface area contributed by atoms with Crippen LogP contribution < -0.4 is 15.3 Å². The average molecular weight is 252 g/mol. The van der Waals surface area contributed by atoms with Crippen molar-refractivity contribution in [2.75, 3.05) is 20.3 Å². The number of methoxy groups -OCH3 is 1. The molecule has 0 fully saturated rings. The van der Waals surface area contributed by atoms with E-state index in [1.165, 1.54) is 13.3 Å². The molecular formula is C12H16N2O4. The maximum Gasteiger partial charge on any atom is 0.344 e. The number of hydrogen-bond acceptors (Lipinski definition) is 6. The molecule has 1 aromatic carbocycles. The Kier molecular flexibility index (Phi) is 5.50. The zero-order valence-electron chi connectivity index (χ0n) is 10.4. The van der Waals surface area contributed by atoms with E-state index in [1.807, 2.05) is 0 Å². The van der Waals surface area contributed by atoms with E-state index in [1.54, 1.807) is 25.1 Å². The summed E-state index contributed by atoms with van der Waals surface area (Å²) in [5, 5.41) is 3.43. The normalized spacial score (nSPS) is 10.3. The molecule has 0 aromatic heterocycles. The van der Waals surface area contributed by atoms with Gasteiger partial charge in [-0.1, -0.05) is 6.07 Å². The number of carbonyl (C=O) groups excluding carboxylic acids is 1. The van der Waals surface area contributed by atoms with Gasteiger partial charge in [0.05, 0.1) is 19.9 Å². The molecule has 0 saturated heterocycles. The van der Waals surface area contributed by atoms with Crippen LogP contribution in [0, 0.1) is 0 Å². The van der Waals surface area contributed by atoms with Crippen LogP contribution in [0.25, 0.3) is 0 Å². The molecule has 0 radical (unpaired) electrons. The van der Waals surface area contributed by atoms with Crippen LogP contribution in [0.4, 0.5) is 0 Å². The minimum absolute atomic E-state index is 0.195. The van der Waals surface area contributed by atoms with Crippen molar-refractivity contribution in [1.29, 1.82) is 0 Å². The second-order valence-corrected chi connectivity index (χ2v) is 3.25. The summed E-state index contributed by atoms with van der Waals surface area (Å²) in [5.74, 6) is 5.56. The molecular weight excluding hydrogens is 236 g/mol. The van der Waals surface area contributed by atoms with Gasteiger partial charge < -0.3 is 20.1 Å². The van der Waals surface area contributed by atoms with Crippen LogP contribution in [0.2, 0.25) is 0 Å². The van der Waals surface area contributed by atoms with Gasteiger partial charge in [0, 0.05) is 5.56 Å². The van der Waals surface area contributed by atoms with Crippen LogP contribution >= 0.6 is 0 Å². The molecule has 18 heavy (non-hydrogen) atoms. The fourth-order valence-corrected chi connectivity index (χ4v) is 1.36. The number of nitrogens with two attached hydrogens (primary N) is 1. The van der Waals surface area contributed by atoms with Gasteiger partial charge in [-0.25, -0.2) is 4.79 Å². The number of hydrogen-bond donors (Lipinski definition) is 1. The number of ether oxygens (including phenoxy) is 3. The summed E-state index contributed by atoms with van der Waals surface area (Å²) >= 11 is 0. The standard InChI is InChI=1S/C12H16N2O4/c1-3-17-11(15)8-18-12-9(7-14-13)5-4-6-10(12)16-2/h4-7H,3,8,13H2,1-2H3. The van der Waals surface area contributed by atoms with Crippen molar-refractivity contribution < 1.29 is 19.0 Å². The molecule has 98 valence electrons. The zero-order chi connectivity index (χ0) is 13.4. The van der Waals surface area contributed by atoms with Gasteiger partial charge in [-0.2, -0.15) is 5.10 Å². The van der Waals surface area contributed by atoms with E-state index in [0.717, 1.165) is 0 Å². The highest BCUT2D eigenvalue weighted by Crippen LogP contribution is 2.29. The molecule has 2 N–H and O–H groups in total. The molecule has 0 aliphatic rings. The van der Waals surface area contributed by atoms with E-state index in [9.17, 15) is 4.79 Å². The third-order valence-corrected chi connectivity index (χ3v) is 2.08. The molecule has 0 aliphatic heterocycles. The summed E-state index contributed by atoms with van der Waals surface area (Å²) in [4.78, 5) is 11.2. The Balaban J connectivity index is 2.87. The molecule has 6 nitrogen and oxygen atoms in total. The Labute approximate surface area is 105 Å². The highest BCUT2D eigenvalue weighted by Gasteiger charge is 2.11. The average Bonchev–Trinajstić information content (AvgIpc) is 2.37. The lowest BCUT2D eigenvalue weighted by atomic mass is 10.2. The van der Waals surface area contributed by atoms with Gasteiger partial charge in [-0.15, -0.1) is 0 Å². The molecule has 6 heteroatoms. The van der Waals surface area contributed by atoms with Gasteiger partial charge in [0.15, 0.2) is 18.1 Å². The fraction of sp³-hybridized carbons (Fsp3) is 0.333. The SMILES string of the molecule is CCOC(=O)COc1c(C=NN)cccc1OC. The van der Waals surface area contributed by atoms with Crippen LogP contribution in [0.3, 0.4) is 0 Å². The highest BCUT2D eigenvalue weighted by atomic mass is 16.6. The lowest BCUT2D eigenvalue weighted by Crippen LogP contribution is -2.15. The molecule has 1 aromatic rings. The third kappa shape index (κ3) is 3.65. The highest BCUT2D eigenvalue weighted by molar-refractivity contribution is 5.85.